The van der Waals surface area contributed by atoms with E-state index < -0.39 is 21.9 Å². The van der Waals surface area contributed by atoms with Crippen LogP contribution < -0.4 is 19.7 Å². The van der Waals surface area contributed by atoms with Crippen LogP contribution in [-0.4, -0.2) is 74.1 Å². The van der Waals surface area contributed by atoms with E-state index in [1.165, 1.54) is 11.1 Å². The third-order valence-electron chi connectivity index (χ3n) is 10.7. The van der Waals surface area contributed by atoms with Crippen LogP contribution in [0.3, 0.4) is 0 Å². The number of rotatable bonds is 3. The second-order valence-electron chi connectivity index (χ2n) is 14.3. The predicted octanol–water partition coefficient (Wildman–Crippen LogP) is 5.67. The molecule has 2 aliphatic carbocycles. The fraction of sp³-hybridized carbons (Fsp3) is 0.556. The van der Waals surface area contributed by atoms with Gasteiger partial charge in [0.25, 0.3) is 5.91 Å². The number of urea groups is 1. The molecule has 258 valence electrons. The fourth-order valence-electron chi connectivity index (χ4n) is 8.05. The maximum atomic E-state index is 14.3. The Bertz CT molecular complexity index is 1720. The number of carbonyl (C=O) groups is 2. The molecule has 5 aliphatic rings. The average Bonchev–Trinajstić information content (AvgIpc) is 3.16. The Morgan fingerprint density at radius 1 is 1.19 bits per heavy atom. The van der Waals surface area contributed by atoms with Crippen LogP contribution in [-0.2, 0) is 31.2 Å². The number of halogens is 1. The summed E-state index contributed by atoms with van der Waals surface area (Å²) in [5.41, 5.74) is 3.42. The summed E-state index contributed by atoms with van der Waals surface area (Å²) in [7, 11) is -1.71. The Kier molecular flexibility index (Phi) is 9.49. The molecule has 1 spiro atoms. The number of aryl methyl sites for hydroxylation is 1. The first-order valence-electron chi connectivity index (χ1n) is 17.1. The molecule has 48 heavy (non-hydrogen) atoms. The van der Waals surface area contributed by atoms with Gasteiger partial charge in [0.1, 0.15) is 15.7 Å². The van der Waals surface area contributed by atoms with Crippen molar-refractivity contribution in [3.05, 3.63) is 70.3 Å². The molecule has 0 unspecified atom stereocenters. The zero-order valence-corrected chi connectivity index (χ0v) is 29.2. The van der Waals surface area contributed by atoms with Crippen LogP contribution in [0.2, 0.25) is 5.02 Å². The molecule has 7 rings (SSSR count). The Morgan fingerprint density at radius 2 is 2.04 bits per heavy atom. The number of nitrogens with one attached hydrogen (secondary N) is 2. The van der Waals surface area contributed by atoms with Crippen molar-refractivity contribution in [1.82, 2.24) is 10.0 Å². The molecule has 2 bridgehead atoms. The van der Waals surface area contributed by atoms with Crippen molar-refractivity contribution in [2.75, 3.05) is 50.7 Å². The summed E-state index contributed by atoms with van der Waals surface area (Å²) in [6, 6.07) is 10.8. The SMILES string of the molecule is CO[C@H]1/C=C/C[C@H](C)C[S@@](=O)(NC(=O)NC2COC2)=NC(=O)c2ccc3c(c2)N(C[C@@H]2CC[C@H]21)C[C@@]1(CCCc2cc(Cl)ccc21)CO3. The van der Waals surface area contributed by atoms with Crippen LogP contribution in [0, 0.1) is 17.8 Å². The van der Waals surface area contributed by atoms with Crippen molar-refractivity contribution >= 4 is 39.1 Å². The number of amides is 3. The Balaban J connectivity index is 1.28. The molecule has 10 nitrogen and oxygen atoms in total. The highest BCUT2D eigenvalue weighted by atomic mass is 35.5. The minimum atomic E-state index is -3.47. The molecule has 3 amide bonds. The number of methoxy groups -OCH3 is 1. The van der Waals surface area contributed by atoms with E-state index in [1.807, 2.05) is 25.1 Å². The minimum Gasteiger partial charge on any atom is -0.490 e. The van der Waals surface area contributed by atoms with Gasteiger partial charge in [0.05, 0.1) is 43.4 Å². The van der Waals surface area contributed by atoms with Gasteiger partial charge >= 0.3 is 6.03 Å². The summed E-state index contributed by atoms with van der Waals surface area (Å²) >= 11 is 6.44. The normalized spacial score (nSPS) is 32.6. The topological polar surface area (TPSA) is 119 Å². The molecule has 2 aromatic carbocycles. The van der Waals surface area contributed by atoms with Gasteiger partial charge in [-0.2, -0.15) is 0 Å². The Morgan fingerprint density at radius 3 is 2.79 bits per heavy atom. The van der Waals surface area contributed by atoms with Crippen molar-refractivity contribution in [3.63, 3.8) is 0 Å². The first-order valence-corrected chi connectivity index (χ1v) is 19.2. The molecule has 0 radical (unpaired) electrons. The Labute approximate surface area is 288 Å². The van der Waals surface area contributed by atoms with Gasteiger partial charge in [0.15, 0.2) is 0 Å². The second kappa shape index (κ2) is 13.7. The highest BCUT2D eigenvalue weighted by Crippen LogP contribution is 2.47. The summed E-state index contributed by atoms with van der Waals surface area (Å²) in [5, 5.41) is 3.50. The summed E-state index contributed by atoms with van der Waals surface area (Å²) in [6.07, 6.45) is 9.92. The second-order valence-corrected chi connectivity index (χ2v) is 16.7. The largest absolute Gasteiger partial charge is 0.490 e. The Hall–Kier alpha value is -3.12. The van der Waals surface area contributed by atoms with Crippen LogP contribution in [0.1, 0.15) is 60.5 Å². The highest BCUT2D eigenvalue weighted by molar-refractivity contribution is 7.92. The van der Waals surface area contributed by atoms with E-state index >= 15 is 0 Å². The summed E-state index contributed by atoms with van der Waals surface area (Å²) in [5.74, 6) is 0.712. The number of nitrogens with zero attached hydrogens (tertiary/aromatic N) is 2. The first-order chi connectivity index (χ1) is 23.1. The van der Waals surface area contributed by atoms with Gasteiger partial charge < -0.3 is 24.4 Å². The monoisotopic (exact) mass is 696 g/mol. The van der Waals surface area contributed by atoms with Crippen molar-refractivity contribution in [2.24, 2.45) is 22.1 Å². The molecule has 2 fully saturated rings. The fourth-order valence-corrected chi connectivity index (χ4v) is 10.1. The van der Waals surface area contributed by atoms with Crippen LogP contribution >= 0.6 is 11.6 Å². The van der Waals surface area contributed by atoms with Crippen molar-refractivity contribution in [3.8, 4) is 5.75 Å². The van der Waals surface area contributed by atoms with E-state index in [2.05, 4.69) is 43.6 Å². The van der Waals surface area contributed by atoms with Gasteiger partial charge in [-0.05, 0) is 97.7 Å². The minimum absolute atomic E-state index is 0.0213. The number of allylic oxidation sites excluding steroid dienone is 1. The molecule has 2 aromatic rings. The molecule has 6 atom stereocenters. The molecule has 1 saturated heterocycles. The van der Waals surface area contributed by atoms with Gasteiger partial charge in [-0.25, -0.2) is 9.00 Å². The molecular weight excluding hydrogens is 652 g/mol. The lowest BCUT2D eigenvalue weighted by atomic mass is 9.68. The molecular formula is C36H45ClN4O6S. The van der Waals surface area contributed by atoms with Gasteiger partial charge in [-0.15, -0.1) is 4.36 Å². The molecule has 2 N–H and O–H groups in total. The lowest BCUT2D eigenvalue weighted by molar-refractivity contribution is 0.000295. The van der Waals surface area contributed by atoms with Gasteiger partial charge in [0.2, 0.25) is 0 Å². The van der Waals surface area contributed by atoms with E-state index in [0.29, 0.717) is 49.4 Å². The average molecular weight is 697 g/mol. The maximum Gasteiger partial charge on any atom is 0.327 e. The van der Waals surface area contributed by atoms with Gasteiger partial charge in [0, 0.05) is 36.2 Å². The number of hydrogen-bond donors (Lipinski definition) is 2. The number of hydrogen-bond acceptors (Lipinski definition) is 7. The van der Waals surface area contributed by atoms with Crippen LogP contribution in [0.25, 0.3) is 0 Å². The molecule has 0 aromatic heterocycles. The zero-order chi connectivity index (χ0) is 33.5. The zero-order valence-electron chi connectivity index (χ0n) is 27.6. The van der Waals surface area contributed by atoms with Gasteiger partial charge in [-0.3, -0.25) is 9.52 Å². The van der Waals surface area contributed by atoms with E-state index in [1.54, 1.807) is 13.2 Å². The van der Waals surface area contributed by atoms with E-state index in [0.717, 1.165) is 55.9 Å². The third-order valence-corrected chi connectivity index (χ3v) is 13.0. The summed E-state index contributed by atoms with van der Waals surface area (Å²) in [6.45, 7) is 4.75. The van der Waals surface area contributed by atoms with Crippen LogP contribution in [0.15, 0.2) is 52.9 Å². The standard InChI is InChI=1S/C36H45ClN4O6S/c1-23-5-3-7-32(45-2)29-11-8-26(29)17-41-21-36(14-4-6-24-15-27(37)10-12-30(24)36)22-47-33-13-9-25(16-31(33)41)34(42)39-48(44,20-23)40-35(43)38-28-18-46-19-28/h3,7,9-10,12-13,15-16,23,26,28-29,32H,4-6,8,11,14,17-22H2,1-2H3,(H2,38,39,40,42,43,44)/b7-3+/t23-,26-,29+,32-,36-,48-/m0/s1. The van der Waals surface area contributed by atoms with E-state index in [-0.39, 0.29) is 29.2 Å². The maximum absolute atomic E-state index is 14.3. The van der Waals surface area contributed by atoms with E-state index in [9.17, 15) is 13.8 Å². The lowest BCUT2D eigenvalue weighted by Crippen LogP contribution is -2.53. The first kappa shape index (κ1) is 33.4. The quantitative estimate of drug-likeness (QED) is 0.397. The molecule has 1 saturated carbocycles. The van der Waals surface area contributed by atoms with Crippen molar-refractivity contribution in [2.45, 2.75) is 63.0 Å². The van der Waals surface area contributed by atoms with Crippen LogP contribution in [0.5, 0.6) is 5.75 Å². The van der Waals surface area contributed by atoms with Gasteiger partial charge in [-0.1, -0.05) is 36.7 Å². The van der Waals surface area contributed by atoms with Crippen molar-refractivity contribution in [1.29, 1.82) is 0 Å². The highest BCUT2D eigenvalue weighted by Gasteiger charge is 2.44. The molecule has 12 heteroatoms. The number of anilines is 1. The number of fused-ring (bicyclic) bond motifs is 4. The van der Waals surface area contributed by atoms with E-state index in [4.69, 9.17) is 25.8 Å². The summed E-state index contributed by atoms with van der Waals surface area (Å²) in [4.78, 5) is 29.1. The van der Waals surface area contributed by atoms with Crippen molar-refractivity contribution < 1.29 is 28.0 Å². The lowest BCUT2D eigenvalue weighted by Gasteiger charge is -2.46. The summed E-state index contributed by atoms with van der Waals surface area (Å²) < 4.78 is 38.9. The third kappa shape index (κ3) is 6.84. The molecule has 3 aliphatic heterocycles. The number of carbonyl (C=O) groups excluding carboxylic acids is 2. The molecule has 3 heterocycles. The predicted molar refractivity (Wildman–Crippen MR) is 186 cm³/mol. The smallest absolute Gasteiger partial charge is 0.327 e. The number of ether oxygens (including phenoxy) is 3. The number of benzene rings is 2. The van der Waals surface area contributed by atoms with Crippen LogP contribution in [0.4, 0.5) is 10.5 Å².